The highest BCUT2D eigenvalue weighted by Crippen LogP contribution is 2.26. The van der Waals surface area contributed by atoms with E-state index < -0.39 is 11.2 Å². The third-order valence-electron chi connectivity index (χ3n) is 1.59. The molecule has 0 bridgehead atoms. The molecule has 2 aromatic heterocycles. The standard InChI is InChI=1S/C8H5BrN2O2S/c9-4-1-6(14-3-4)5-2-7(12)11-8(13)10-5/h1-3H,(H2,10,11,12,13). The molecule has 0 saturated heterocycles. The SMILES string of the molecule is O=c1cc(-c2cc(Br)cs2)[nH]c(=O)[nH]1. The van der Waals surface area contributed by atoms with Gasteiger partial charge in [0.25, 0.3) is 5.56 Å². The van der Waals surface area contributed by atoms with Crippen molar-refractivity contribution in [2.75, 3.05) is 0 Å². The minimum atomic E-state index is -0.489. The number of hydrogen-bond acceptors (Lipinski definition) is 3. The molecular formula is C8H5BrN2O2S. The van der Waals surface area contributed by atoms with Gasteiger partial charge < -0.3 is 4.98 Å². The molecule has 0 spiro atoms. The van der Waals surface area contributed by atoms with Gasteiger partial charge in [-0.05, 0) is 22.0 Å². The summed E-state index contributed by atoms with van der Waals surface area (Å²) in [5.41, 5.74) is -0.347. The molecule has 72 valence electrons. The summed E-state index contributed by atoms with van der Waals surface area (Å²) in [4.78, 5) is 27.5. The van der Waals surface area contributed by atoms with Crippen molar-refractivity contribution in [2.45, 2.75) is 0 Å². The fourth-order valence-corrected chi connectivity index (χ4v) is 2.46. The van der Waals surface area contributed by atoms with Crippen LogP contribution in [-0.4, -0.2) is 9.97 Å². The molecule has 2 rings (SSSR count). The van der Waals surface area contributed by atoms with Crippen molar-refractivity contribution in [2.24, 2.45) is 0 Å². The number of rotatable bonds is 1. The van der Waals surface area contributed by atoms with Gasteiger partial charge in [-0.25, -0.2) is 4.79 Å². The quantitative estimate of drug-likeness (QED) is 0.828. The van der Waals surface area contributed by atoms with Crippen LogP contribution in [0.25, 0.3) is 10.6 Å². The van der Waals surface area contributed by atoms with Gasteiger partial charge in [-0.2, -0.15) is 0 Å². The molecular weight excluding hydrogens is 268 g/mol. The van der Waals surface area contributed by atoms with Gasteiger partial charge in [0.1, 0.15) is 0 Å². The Bertz CT molecular complexity index is 541. The number of nitrogens with one attached hydrogen (secondary N) is 2. The summed E-state index contributed by atoms with van der Waals surface area (Å²) in [5, 5.41) is 1.88. The van der Waals surface area contributed by atoms with Crippen LogP contribution in [0.5, 0.6) is 0 Å². The molecule has 2 aromatic rings. The predicted molar refractivity (Wildman–Crippen MR) is 58.7 cm³/mol. The summed E-state index contributed by atoms with van der Waals surface area (Å²) in [6, 6.07) is 3.20. The summed E-state index contributed by atoms with van der Waals surface area (Å²) in [6.07, 6.45) is 0. The largest absolute Gasteiger partial charge is 0.326 e. The number of thiophene rings is 1. The van der Waals surface area contributed by atoms with Crippen LogP contribution in [-0.2, 0) is 0 Å². The third kappa shape index (κ3) is 1.85. The lowest BCUT2D eigenvalue weighted by atomic mass is 10.3. The Kier molecular flexibility index (Phi) is 2.39. The third-order valence-corrected chi connectivity index (χ3v) is 3.32. The van der Waals surface area contributed by atoms with E-state index in [1.165, 1.54) is 17.4 Å². The van der Waals surface area contributed by atoms with E-state index in [-0.39, 0.29) is 0 Å². The maximum atomic E-state index is 11.0. The van der Waals surface area contributed by atoms with E-state index in [9.17, 15) is 9.59 Å². The average molecular weight is 273 g/mol. The Morgan fingerprint density at radius 2 is 2.00 bits per heavy atom. The van der Waals surface area contributed by atoms with Gasteiger partial charge in [-0.1, -0.05) is 0 Å². The molecule has 0 amide bonds. The molecule has 2 N–H and O–H groups in total. The predicted octanol–water partition coefficient (Wildman–Crippen LogP) is 1.55. The summed E-state index contributed by atoms with van der Waals surface area (Å²) in [6.45, 7) is 0. The molecule has 0 aliphatic carbocycles. The van der Waals surface area contributed by atoms with Gasteiger partial charge in [0.15, 0.2) is 0 Å². The van der Waals surface area contributed by atoms with Gasteiger partial charge in [0.2, 0.25) is 0 Å². The second-order valence-corrected chi connectivity index (χ2v) is 4.46. The van der Waals surface area contributed by atoms with Crippen LogP contribution in [0.15, 0.2) is 31.6 Å². The lowest BCUT2D eigenvalue weighted by molar-refractivity contribution is 1.04. The zero-order valence-electron chi connectivity index (χ0n) is 6.83. The maximum Gasteiger partial charge on any atom is 0.326 e. The van der Waals surface area contributed by atoms with E-state index in [0.29, 0.717) is 5.69 Å². The van der Waals surface area contributed by atoms with Crippen LogP contribution in [0.4, 0.5) is 0 Å². The molecule has 0 fully saturated rings. The highest BCUT2D eigenvalue weighted by atomic mass is 79.9. The zero-order valence-corrected chi connectivity index (χ0v) is 9.24. The molecule has 6 heteroatoms. The lowest BCUT2D eigenvalue weighted by Gasteiger charge is -1.93. The van der Waals surface area contributed by atoms with Crippen LogP contribution in [0, 0.1) is 0 Å². The van der Waals surface area contributed by atoms with Gasteiger partial charge in [-0.3, -0.25) is 9.78 Å². The number of hydrogen-bond donors (Lipinski definition) is 2. The van der Waals surface area contributed by atoms with Gasteiger partial charge in [0, 0.05) is 15.9 Å². The normalized spacial score (nSPS) is 10.4. The van der Waals surface area contributed by atoms with Crippen LogP contribution in [0.2, 0.25) is 0 Å². The van der Waals surface area contributed by atoms with E-state index in [0.717, 1.165) is 9.35 Å². The summed E-state index contributed by atoms with van der Waals surface area (Å²) in [5.74, 6) is 0. The molecule has 0 atom stereocenters. The van der Waals surface area contributed by atoms with Gasteiger partial charge >= 0.3 is 5.69 Å². The summed E-state index contributed by atoms with van der Waals surface area (Å²) in [7, 11) is 0. The number of H-pyrrole nitrogens is 2. The molecule has 0 aliphatic rings. The second kappa shape index (κ2) is 3.55. The van der Waals surface area contributed by atoms with Gasteiger partial charge in [0.05, 0.1) is 10.6 Å². The first-order valence-corrected chi connectivity index (χ1v) is 5.40. The van der Waals surface area contributed by atoms with Crippen molar-refractivity contribution < 1.29 is 0 Å². The minimum absolute atomic E-state index is 0.395. The maximum absolute atomic E-state index is 11.0. The molecule has 0 aliphatic heterocycles. The fourth-order valence-electron chi connectivity index (χ4n) is 1.06. The highest BCUT2D eigenvalue weighted by Gasteiger charge is 2.02. The van der Waals surface area contributed by atoms with Gasteiger partial charge in [-0.15, -0.1) is 11.3 Å². The Labute approximate surface area is 90.8 Å². The summed E-state index contributed by atoms with van der Waals surface area (Å²) < 4.78 is 0.929. The van der Waals surface area contributed by atoms with Crippen molar-refractivity contribution in [3.05, 3.63) is 42.8 Å². The molecule has 0 aromatic carbocycles. The molecule has 2 heterocycles. The van der Waals surface area contributed by atoms with E-state index in [4.69, 9.17) is 0 Å². The number of aromatic amines is 2. The molecule has 14 heavy (non-hydrogen) atoms. The van der Waals surface area contributed by atoms with Crippen LogP contribution in [0.1, 0.15) is 0 Å². The Morgan fingerprint density at radius 1 is 1.21 bits per heavy atom. The Morgan fingerprint density at radius 3 is 2.57 bits per heavy atom. The Balaban J connectivity index is 2.62. The lowest BCUT2D eigenvalue weighted by Crippen LogP contribution is -2.21. The summed E-state index contributed by atoms with van der Waals surface area (Å²) >= 11 is 4.75. The van der Waals surface area contributed by atoms with Crippen LogP contribution >= 0.6 is 27.3 Å². The van der Waals surface area contributed by atoms with Crippen molar-refractivity contribution >= 4 is 27.3 Å². The van der Waals surface area contributed by atoms with Crippen molar-refractivity contribution in [3.8, 4) is 10.6 Å². The molecule has 0 saturated carbocycles. The average Bonchev–Trinajstić information content (AvgIpc) is 2.50. The van der Waals surface area contributed by atoms with E-state index in [1.807, 2.05) is 11.4 Å². The molecule has 4 nitrogen and oxygen atoms in total. The second-order valence-electron chi connectivity index (χ2n) is 2.63. The zero-order chi connectivity index (χ0) is 10.1. The van der Waals surface area contributed by atoms with Crippen molar-refractivity contribution in [1.29, 1.82) is 0 Å². The molecule has 0 unspecified atom stereocenters. The van der Waals surface area contributed by atoms with E-state index in [2.05, 4.69) is 25.9 Å². The monoisotopic (exact) mass is 272 g/mol. The molecule has 0 radical (unpaired) electrons. The van der Waals surface area contributed by atoms with Crippen LogP contribution < -0.4 is 11.2 Å². The first-order valence-electron chi connectivity index (χ1n) is 3.73. The fraction of sp³-hybridized carbons (Fsp3) is 0. The van der Waals surface area contributed by atoms with E-state index >= 15 is 0 Å². The minimum Gasteiger partial charge on any atom is -0.306 e. The van der Waals surface area contributed by atoms with E-state index in [1.54, 1.807) is 0 Å². The number of halogens is 1. The topological polar surface area (TPSA) is 65.7 Å². The Hall–Kier alpha value is -1.14. The number of aromatic nitrogens is 2. The van der Waals surface area contributed by atoms with Crippen LogP contribution in [0.3, 0.4) is 0 Å². The van der Waals surface area contributed by atoms with Crippen molar-refractivity contribution in [3.63, 3.8) is 0 Å². The first-order chi connectivity index (χ1) is 6.65. The van der Waals surface area contributed by atoms with Crippen molar-refractivity contribution in [1.82, 2.24) is 9.97 Å². The smallest absolute Gasteiger partial charge is 0.306 e. The first kappa shape index (κ1) is 9.42. The highest BCUT2D eigenvalue weighted by molar-refractivity contribution is 9.10.